The molecule has 1 heterocycles. The van der Waals surface area contributed by atoms with Gasteiger partial charge < -0.3 is 15.7 Å². The van der Waals surface area contributed by atoms with Gasteiger partial charge in [-0.3, -0.25) is 24.2 Å². The maximum absolute atomic E-state index is 13.6. The van der Waals surface area contributed by atoms with Crippen LogP contribution in [0.25, 0.3) is 6.08 Å². The number of nitrogens with two attached hydrogens (primary N) is 1. The summed E-state index contributed by atoms with van der Waals surface area (Å²) in [5.74, 6) is 1.41. The van der Waals surface area contributed by atoms with E-state index >= 15 is 0 Å². The molecule has 4 rings (SSSR count). The second-order valence-electron chi connectivity index (χ2n) is 10.3. The summed E-state index contributed by atoms with van der Waals surface area (Å²) in [6.45, 7) is 1.46. The van der Waals surface area contributed by atoms with Crippen LogP contribution < -0.4 is 51.1 Å². The molecule has 2 aromatic carbocycles. The Kier molecular flexibility index (Phi) is 11.6. The number of hydrogen-bond acceptors (Lipinski definition) is 7. The SMILES string of the molecule is C[C@@H]1C(=O)N(N)C([O-])=C1C(=O)[C@@H](NC(=O)C[C@H](NC(=O)/C=C/c1ccc(C#N)cc1)c1ccccc1)C1CCCC1.[Na+]. The molecule has 0 bridgehead atoms. The maximum Gasteiger partial charge on any atom is 1.00 e. The summed E-state index contributed by atoms with van der Waals surface area (Å²) in [5, 5.41) is 27.7. The van der Waals surface area contributed by atoms with Crippen LogP contribution in [-0.2, 0) is 19.2 Å². The predicted molar refractivity (Wildman–Crippen MR) is 148 cm³/mol. The summed E-state index contributed by atoms with van der Waals surface area (Å²) in [5.41, 5.74) is 1.72. The van der Waals surface area contributed by atoms with Crippen molar-refractivity contribution in [1.29, 1.82) is 5.26 Å². The number of rotatable bonds is 10. The second-order valence-corrected chi connectivity index (χ2v) is 10.3. The molecule has 0 radical (unpaired) electrons. The van der Waals surface area contributed by atoms with E-state index in [2.05, 4.69) is 10.6 Å². The van der Waals surface area contributed by atoms with Gasteiger partial charge >= 0.3 is 29.6 Å². The molecule has 1 aliphatic carbocycles. The zero-order valence-corrected chi connectivity index (χ0v) is 25.7. The Balaban J connectivity index is 0.00000484. The first-order chi connectivity index (χ1) is 19.7. The second kappa shape index (κ2) is 14.9. The average molecular weight is 578 g/mol. The Morgan fingerprint density at radius 1 is 1.10 bits per heavy atom. The van der Waals surface area contributed by atoms with Crippen LogP contribution in [0.2, 0.25) is 0 Å². The Morgan fingerprint density at radius 3 is 2.31 bits per heavy atom. The van der Waals surface area contributed by atoms with Crippen LogP contribution in [-0.4, -0.2) is 34.6 Å². The quantitative estimate of drug-likeness (QED) is 0.141. The van der Waals surface area contributed by atoms with E-state index in [9.17, 15) is 24.3 Å². The van der Waals surface area contributed by atoms with Gasteiger partial charge in [0.2, 0.25) is 17.7 Å². The summed E-state index contributed by atoms with van der Waals surface area (Å²) in [6.07, 6.45) is 5.97. The Labute approximate surface area is 266 Å². The number of benzene rings is 2. The zero-order valence-electron chi connectivity index (χ0n) is 23.7. The maximum atomic E-state index is 13.6. The van der Waals surface area contributed by atoms with Gasteiger partial charge in [0.25, 0.3) is 0 Å². The topological polar surface area (TPSA) is 168 Å². The standard InChI is InChI=1S/C31H33N5O5.Na/c1-19-27(31(41)36(33)30(19)40)29(39)28(23-9-5-6-10-23)35-26(38)17-24(22-7-3-2-4-8-22)34-25(37)16-15-20-11-13-21(18-32)14-12-20;/h2-4,7-8,11-16,19,23-24,28,41H,5-6,9-10,17,33H2,1H3,(H,34,37)(H,35,38);/q;+1/p-1/b16-15+;/t19-,24-,28-;/m0./s1. The molecule has 42 heavy (non-hydrogen) atoms. The number of nitrogens with zero attached hydrogens (tertiary/aromatic N) is 2. The van der Waals surface area contributed by atoms with Crippen LogP contribution in [0, 0.1) is 23.2 Å². The first-order valence-electron chi connectivity index (χ1n) is 13.6. The van der Waals surface area contributed by atoms with Crippen LogP contribution >= 0.6 is 0 Å². The summed E-state index contributed by atoms with van der Waals surface area (Å²) < 4.78 is 0. The molecule has 0 saturated heterocycles. The van der Waals surface area contributed by atoms with E-state index in [0.29, 0.717) is 29.0 Å². The van der Waals surface area contributed by atoms with Gasteiger partial charge in [-0.15, -0.1) is 0 Å². The van der Waals surface area contributed by atoms with Gasteiger partial charge in [0.05, 0.1) is 36.1 Å². The van der Waals surface area contributed by atoms with Crippen molar-refractivity contribution in [1.82, 2.24) is 15.6 Å². The van der Waals surface area contributed by atoms with Crippen molar-refractivity contribution < 1.29 is 53.8 Å². The van der Waals surface area contributed by atoms with Crippen molar-refractivity contribution >= 4 is 29.6 Å². The van der Waals surface area contributed by atoms with Crippen LogP contribution in [0.15, 0.2) is 72.1 Å². The molecule has 212 valence electrons. The summed E-state index contributed by atoms with van der Waals surface area (Å²) in [4.78, 5) is 52.0. The predicted octanol–water partition coefficient (Wildman–Crippen LogP) is -1.01. The van der Waals surface area contributed by atoms with E-state index < -0.39 is 47.4 Å². The van der Waals surface area contributed by atoms with Crippen molar-refractivity contribution in [3.8, 4) is 6.07 Å². The van der Waals surface area contributed by atoms with E-state index in [1.165, 1.54) is 13.0 Å². The minimum atomic E-state index is -0.986. The van der Waals surface area contributed by atoms with E-state index in [1.807, 2.05) is 12.1 Å². The van der Waals surface area contributed by atoms with Crippen molar-refractivity contribution in [2.45, 2.75) is 51.1 Å². The Bertz CT molecular complexity index is 1410. The summed E-state index contributed by atoms with van der Waals surface area (Å²) >= 11 is 0. The van der Waals surface area contributed by atoms with Crippen molar-refractivity contribution in [3.63, 3.8) is 0 Å². The third-order valence-electron chi connectivity index (χ3n) is 7.60. The van der Waals surface area contributed by atoms with Gasteiger partial charge in [-0.05, 0) is 60.9 Å². The van der Waals surface area contributed by atoms with Gasteiger partial charge in [0.15, 0.2) is 5.78 Å². The fourth-order valence-electron chi connectivity index (χ4n) is 5.34. The average Bonchev–Trinajstić information content (AvgIpc) is 3.58. The fraction of sp³-hybridized carbons (Fsp3) is 0.323. The first kappa shape index (κ1) is 32.8. The Morgan fingerprint density at radius 2 is 1.74 bits per heavy atom. The van der Waals surface area contributed by atoms with Gasteiger partial charge in [0, 0.05) is 11.6 Å². The van der Waals surface area contributed by atoms with E-state index in [-0.39, 0.29) is 47.5 Å². The van der Waals surface area contributed by atoms with E-state index in [4.69, 9.17) is 11.1 Å². The van der Waals surface area contributed by atoms with Gasteiger partial charge in [-0.25, -0.2) is 5.84 Å². The molecule has 3 atom stereocenters. The molecule has 3 amide bonds. The number of carbonyl (C=O) groups excluding carboxylic acids is 4. The molecule has 2 aliphatic rings. The Hall–Kier alpha value is -3.75. The van der Waals surface area contributed by atoms with Crippen LogP contribution in [0.3, 0.4) is 0 Å². The molecular weight excluding hydrogens is 545 g/mol. The summed E-state index contributed by atoms with van der Waals surface area (Å²) in [7, 11) is 0. The normalized spacial score (nSPS) is 18.4. The molecule has 0 aromatic heterocycles. The number of hydrogen-bond donors (Lipinski definition) is 3. The molecule has 1 aliphatic heterocycles. The first-order valence-corrected chi connectivity index (χ1v) is 13.6. The molecule has 4 N–H and O–H groups in total. The number of ketones is 1. The minimum absolute atomic E-state index is 0. The molecule has 2 aromatic rings. The van der Waals surface area contributed by atoms with Crippen LogP contribution in [0.4, 0.5) is 0 Å². The number of nitrogens with one attached hydrogen (secondary N) is 2. The third kappa shape index (κ3) is 7.75. The molecular formula is C31H32N5NaO5. The van der Waals surface area contributed by atoms with Gasteiger partial charge in [0.1, 0.15) is 0 Å². The molecule has 1 saturated carbocycles. The monoisotopic (exact) mass is 577 g/mol. The van der Waals surface area contributed by atoms with Crippen LogP contribution in [0.5, 0.6) is 0 Å². The van der Waals surface area contributed by atoms with Gasteiger partial charge in [-0.2, -0.15) is 5.26 Å². The van der Waals surface area contributed by atoms with E-state index in [0.717, 1.165) is 18.4 Å². The zero-order chi connectivity index (χ0) is 29.5. The molecule has 0 unspecified atom stereocenters. The van der Waals surface area contributed by atoms with Crippen molar-refractivity contribution in [2.24, 2.45) is 17.7 Å². The molecule has 10 nitrogen and oxygen atoms in total. The smallest absolute Gasteiger partial charge is 0.859 e. The van der Waals surface area contributed by atoms with Gasteiger partial charge in [-0.1, -0.05) is 55.3 Å². The molecule has 1 fully saturated rings. The minimum Gasteiger partial charge on any atom is -0.859 e. The number of carbonyl (C=O) groups is 4. The molecule has 11 heteroatoms. The number of amides is 3. The summed E-state index contributed by atoms with van der Waals surface area (Å²) in [6, 6.07) is 16.1. The molecule has 0 spiro atoms. The van der Waals surface area contributed by atoms with E-state index in [1.54, 1.807) is 54.6 Å². The fourth-order valence-corrected chi connectivity index (χ4v) is 5.34. The number of hydrazine groups is 1. The van der Waals surface area contributed by atoms with Crippen molar-refractivity contribution in [2.75, 3.05) is 0 Å². The third-order valence-corrected chi connectivity index (χ3v) is 7.60. The van der Waals surface area contributed by atoms with Crippen LogP contribution in [0.1, 0.15) is 61.8 Å². The number of nitriles is 1. The largest absolute Gasteiger partial charge is 1.00 e. The number of Topliss-reactive ketones (excluding diaryl/α,β-unsaturated/α-hetero) is 1. The van der Waals surface area contributed by atoms with Crippen molar-refractivity contribution in [3.05, 3.63) is 88.8 Å².